The van der Waals surface area contributed by atoms with E-state index in [9.17, 15) is 8.42 Å². The van der Waals surface area contributed by atoms with Crippen molar-refractivity contribution in [3.8, 4) is 11.1 Å². The first-order chi connectivity index (χ1) is 9.63. The number of aliphatic hydroxyl groups excluding tert-OH is 1. The SMILES string of the molecule is O=S(=O)(NCCCO)c1ccc(-c2cccnc2)cc1. The number of benzene rings is 1. The van der Waals surface area contributed by atoms with Crippen LogP contribution in [0, 0.1) is 0 Å². The molecule has 0 saturated carbocycles. The van der Waals surface area contributed by atoms with Crippen LogP contribution in [0.3, 0.4) is 0 Å². The van der Waals surface area contributed by atoms with Crippen LogP contribution >= 0.6 is 0 Å². The summed E-state index contributed by atoms with van der Waals surface area (Å²) in [6.45, 7) is 0.186. The Kier molecular flexibility index (Phi) is 4.84. The summed E-state index contributed by atoms with van der Waals surface area (Å²) in [6.07, 6.45) is 3.81. The molecule has 0 saturated heterocycles. The first kappa shape index (κ1) is 14.6. The Morgan fingerprint density at radius 1 is 1.10 bits per heavy atom. The maximum absolute atomic E-state index is 11.9. The lowest BCUT2D eigenvalue weighted by molar-refractivity contribution is 0.289. The average Bonchev–Trinajstić information content (AvgIpc) is 2.48. The van der Waals surface area contributed by atoms with Gasteiger partial charge in [-0.1, -0.05) is 18.2 Å². The molecule has 0 spiro atoms. The van der Waals surface area contributed by atoms with E-state index >= 15 is 0 Å². The van der Waals surface area contributed by atoms with Crippen molar-refractivity contribution in [1.29, 1.82) is 0 Å². The van der Waals surface area contributed by atoms with Crippen LogP contribution in [0.2, 0.25) is 0 Å². The van der Waals surface area contributed by atoms with Crippen LogP contribution in [0.5, 0.6) is 0 Å². The van der Waals surface area contributed by atoms with Crippen molar-refractivity contribution in [3.63, 3.8) is 0 Å². The third-order valence-electron chi connectivity index (χ3n) is 2.79. The molecule has 0 fully saturated rings. The highest BCUT2D eigenvalue weighted by atomic mass is 32.2. The lowest BCUT2D eigenvalue weighted by Crippen LogP contribution is -2.25. The van der Waals surface area contributed by atoms with Gasteiger partial charge in [-0.15, -0.1) is 0 Å². The zero-order chi connectivity index (χ0) is 14.4. The van der Waals surface area contributed by atoms with Gasteiger partial charge >= 0.3 is 0 Å². The predicted octanol–water partition coefficient (Wildman–Crippen LogP) is 1.41. The monoisotopic (exact) mass is 292 g/mol. The molecule has 0 aliphatic heterocycles. The van der Waals surface area contributed by atoms with Gasteiger partial charge in [-0.2, -0.15) is 0 Å². The molecule has 0 amide bonds. The maximum atomic E-state index is 11.9. The largest absolute Gasteiger partial charge is 0.396 e. The van der Waals surface area contributed by atoms with E-state index in [0.29, 0.717) is 6.42 Å². The molecule has 0 bridgehead atoms. The van der Waals surface area contributed by atoms with E-state index in [2.05, 4.69) is 9.71 Å². The van der Waals surface area contributed by atoms with Crippen molar-refractivity contribution < 1.29 is 13.5 Å². The highest BCUT2D eigenvalue weighted by molar-refractivity contribution is 7.89. The van der Waals surface area contributed by atoms with E-state index in [1.807, 2.05) is 12.1 Å². The second-order valence-electron chi connectivity index (χ2n) is 4.24. The van der Waals surface area contributed by atoms with Crippen LogP contribution in [-0.4, -0.2) is 31.7 Å². The summed E-state index contributed by atoms with van der Waals surface area (Å²) in [5.74, 6) is 0. The smallest absolute Gasteiger partial charge is 0.240 e. The van der Waals surface area contributed by atoms with Crippen LogP contribution in [-0.2, 0) is 10.0 Å². The highest BCUT2D eigenvalue weighted by Crippen LogP contribution is 2.20. The quantitative estimate of drug-likeness (QED) is 0.789. The molecule has 0 radical (unpaired) electrons. The minimum absolute atomic E-state index is 0.0392. The normalized spacial score (nSPS) is 11.4. The topological polar surface area (TPSA) is 79.3 Å². The number of aliphatic hydroxyl groups is 1. The molecule has 0 atom stereocenters. The van der Waals surface area contributed by atoms with Gasteiger partial charge in [-0.25, -0.2) is 13.1 Å². The Morgan fingerprint density at radius 3 is 2.45 bits per heavy atom. The minimum atomic E-state index is -3.51. The lowest BCUT2D eigenvalue weighted by Gasteiger charge is -2.07. The van der Waals surface area contributed by atoms with Gasteiger partial charge in [0.15, 0.2) is 0 Å². The lowest BCUT2D eigenvalue weighted by atomic mass is 10.1. The van der Waals surface area contributed by atoms with Crippen molar-refractivity contribution in [2.45, 2.75) is 11.3 Å². The van der Waals surface area contributed by atoms with Gasteiger partial charge in [0.25, 0.3) is 0 Å². The predicted molar refractivity (Wildman–Crippen MR) is 76.6 cm³/mol. The molecule has 1 aromatic heterocycles. The minimum Gasteiger partial charge on any atom is -0.396 e. The molecule has 2 aromatic rings. The van der Waals surface area contributed by atoms with Gasteiger partial charge < -0.3 is 5.11 Å². The van der Waals surface area contributed by atoms with Gasteiger partial charge in [-0.3, -0.25) is 4.98 Å². The van der Waals surface area contributed by atoms with Gasteiger partial charge in [0.05, 0.1) is 4.90 Å². The van der Waals surface area contributed by atoms with Crippen LogP contribution in [0.25, 0.3) is 11.1 Å². The molecule has 0 aliphatic carbocycles. The van der Waals surface area contributed by atoms with Gasteiger partial charge in [0, 0.05) is 25.5 Å². The summed E-state index contributed by atoms with van der Waals surface area (Å²) in [5.41, 5.74) is 1.84. The van der Waals surface area contributed by atoms with Crippen molar-refractivity contribution in [3.05, 3.63) is 48.8 Å². The zero-order valence-electron chi connectivity index (χ0n) is 10.9. The average molecular weight is 292 g/mol. The number of nitrogens with one attached hydrogen (secondary N) is 1. The van der Waals surface area contributed by atoms with E-state index in [0.717, 1.165) is 11.1 Å². The summed E-state index contributed by atoms with van der Waals surface area (Å²) in [4.78, 5) is 4.24. The van der Waals surface area contributed by atoms with E-state index < -0.39 is 10.0 Å². The fraction of sp³-hybridized carbons (Fsp3) is 0.214. The summed E-state index contributed by atoms with van der Waals surface area (Å²) in [7, 11) is -3.51. The first-order valence-electron chi connectivity index (χ1n) is 6.24. The Labute approximate surface area is 118 Å². The first-order valence-corrected chi connectivity index (χ1v) is 7.73. The van der Waals surface area contributed by atoms with E-state index in [4.69, 9.17) is 5.11 Å². The van der Waals surface area contributed by atoms with Gasteiger partial charge in [-0.05, 0) is 35.7 Å². The number of pyridine rings is 1. The van der Waals surface area contributed by atoms with E-state index in [-0.39, 0.29) is 18.0 Å². The Morgan fingerprint density at radius 2 is 1.85 bits per heavy atom. The van der Waals surface area contributed by atoms with Crippen LogP contribution in [0.1, 0.15) is 6.42 Å². The number of nitrogens with zero attached hydrogens (tertiary/aromatic N) is 1. The fourth-order valence-electron chi connectivity index (χ4n) is 1.73. The molecular weight excluding hydrogens is 276 g/mol. The summed E-state index contributed by atoms with van der Waals surface area (Å²) >= 11 is 0. The molecular formula is C14H16N2O3S. The van der Waals surface area contributed by atoms with E-state index in [1.165, 1.54) is 0 Å². The Balaban J connectivity index is 2.16. The summed E-state index contributed by atoms with van der Waals surface area (Å²) in [5, 5.41) is 8.66. The molecule has 5 nitrogen and oxygen atoms in total. The second-order valence-corrected chi connectivity index (χ2v) is 6.01. The fourth-order valence-corrected chi connectivity index (χ4v) is 2.80. The van der Waals surface area contributed by atoms with Crippen molar-refractivity contribution in [2.75, 3.05) is 13.2 Å². The van der Waals surface area contributed by atoms with Crippen molar-refractivity contribution in [2.24, 2.45) is 0 Å². The van der Waals surface area contributed by atoms with Gasteiger partial charge in [0.2, 0.25) is 10.0 Å². The number of aromatic nitrogens is 1. The molecule has 20 heavy (non-hydrogen) atoms. The van der Waals surface area contributed by atoms with E-state index in [1.54, 1.807) is 36.7 Å². The maximum Gasteiger partial charge on any atom is 0.240 e. The molecule has 0 unspecified atom stereocenters. The second kappa shape index (κ2) is 6.60. The van der Waals surface area contributed by atoms with Crippen molar-refractivity contribution in [1.82, 2.24) is 9.71 Å². The number of rotatable bonds is 6. The molecule has 0 aliphatic rings. The van der Waals surface area contributed by atoms with Crippen molar-refractivity contribution >= 4 is 10.0 Å². The number of hydrogen-bond donors (Lipinski definition) is 2. The molecule has 1 heterocycles. The number of hydrogen-bond acceptors (Lipinski definition) is 4. The zero-order valence-corrected chi connectivity index (χ0v) is 11.7. The summed E-state index contributed by atoms with van der Waals surface area (Å²) in [6, 6.07) is 10.4. The van der Waals surface area contributed by atoms with Crippen LogP contribution < -0.4 is 4.72 Å². The Bertz CT molecular complexity index is 640. The Hall–Kier alpha value is -1.76. The van der Waals surface area contributed by atoms with Gasteiger partial charge in [0.1, 0.15) is 0 Å². The third-order valence-corrected chi connectivity index (χ3v) is 4.26. The highest BCUT2D eigenvalue weighted by Gasteiger charge is 2.12. The molecule has 106 valence electrons. The molecule has 2 N–H and O–H groups in total. The standard InChI is InChI=1S/C14H16N2O3S/c17-10-2-9-16-20(18,19)14-6-4-12(5-7-14)13-3-1-8-15-11-13/h1,3-8,11,16-17H,2,9-10H2. The van der Waals surface area contributed by atoms with Crippen LogP contribution in [0.4, 0.5) is 0 Å². The van der Waals surface area contributed by atoms with Crippen LogP contribution in [0.15, 0.2) is 53.7 Å². The molecule has 6 heteroatoms. The summed E-state index contributed by atoms with van der Waals surface area (Å²) < 4.78 is 26.3. The molecule has 1 aromatic carbocycles. The molecule has 2 rings (SSSR count). The number of sulfonamides is 1. The third kappa shape index (κ3) is 3.63.